The lowest BCUT2D eigenvalue weighted by molar-refractivity contribution is 0.0692. The van der Waals surface area contributed by atoms with Crippen LogP contribution in [0.2, 0.25) is 0 Å². The second kappa shape index (κ2) is 5.91. The van der Waals surface area contributed by atoms with Crippen LogP contribution in [0.15, 0.2) is 48.5 Å². The van der Waals surface area contributed by atoms with Crippen LogP contribution >= 0.6 is 0 Å². The number of aromatic carboxylic acids is 1. The molecule has 0 unspecified atom stereocenters. The molecule has 98 valence electrons. The van der Waals surface area contributed by atoms with E-state index in [2.05, 4.69) is 0 Å². The number of hydrogen-bond acceptors (Lipinski definition) is 3. The number of methoxy groups -OCH3 is 1. The number of rotatable bonds is 5. The molecule has 2 rings (SSSR count). The quantitative estimate of drug-likeness (QED) is 0.895. The Bertz CT molecular complexity index is 564. The standard InChI is InChI=1S/C15H14O4/c1-18-14-12(15(16)17)8-5-9-13(14)19-10-11-6-3-2-4-7-11/h2-9H,10H2,1H3,(H,16,17). The predicted molar refractivity (Wildman–Crippen MR) is 70.7 cm³/mol. The number of hydrogen-bond donors (Lipinski definition) is 1. The van der Waals surface area contributed by atoms with Crippen molar-refractivity contribution in [2.45, 2.75) is 6.61 Å². The molecule has 4 nitrogen and oxygen atoms in total. The van der Waals surface area contributed by atoms with Crippen LogP contribution in [0.4, 0.5) is 0 Å². The van der Waals surface area contributed by atoms with Gasteiger partial charge in [0.05, 0.1) is 7.11 Å². The molecule has 0 atom stereocenters. The summed E-state index contributed by atoms with van der Waals surface area (Å²) in [6.45, 7) is 0.361. The number of carboxylic acid groups (broad SMARTS) is 1. The summed E-state index contributed by atoms with van der Waals surface area (Å²) in [4.78, 5) is 11.1. The van der Waals surface area contributed by atoms with E-state index in [0.717, 1.165) is 5.56 Å². The zero-order valence-corrected chi connectivity index (χ0v) is 10.5. The average molecular weight is 258 g/mol. The average Bonchev–Trinajstić information content (AvgIpc) is 2.45. The first-order valence-corrected chi connectivity index (χ1v) is 5.79. The van der Waals surface area contributed by atoms with Gasteiger partial charge in [0.25, 0.3) is 0 Å². The topological polar surface area (TPSA) is 55.8 Å². The highest BCUT2D eigenvalue weighted by atomic mass is 16.5. The van der Waals surface area contributed by atoms with Crippen LogP contribution in [-0.4, -0.2) is 18.2 Å². The highest BCUT2D eigenvalue weighted by Crippen LogP contribution is 2.31. The number of para-hydroxylation sites is 1. The van der Waals surface area contributed by atoms with Gasteiger partial charge in [-0.15, -0.1) is 0 Å². The smallest absolute Gasteiger partial charge is 0.339 e. The van der Waals surface area contributed by atoms with Gasteiger partial charge in [-0.1, -0.05) is 36.4 Å². The van der Waals surface area contributed by atoms with E-state index >= 15 is 0 Å². The van der Waals surface area contributed by atoms with E-state index in [9.17, 15) is 4.79 Å². The van der Waals surface area contributed by atoms with Crippen LogP contribution in [0.5, 0.6) is 11.5 Å². The van der Waals surface area contributed by atoms with Gasteiger partial charge in [-0.25, -0.2) is 4.79 Å². The Balaban J connectivity index is 2.21. The molecule has 0 aliphatic rings. The molecule has 0 amide bonds. The summed E-state index contributed by atoms with van der Waals surface area (Å²) in [5.74, 6) is -0.376. The van der Waals surface area contributed by atoms with Gasteiger partial charge < -0.3 is 14.6 Å². The molecule has 0 heterocycles. The van der Waals surface area contributed by atoms with E-state index in [1.165, 1.54) is 13.2 Å². The molecule has 0 aliphatic heterocycles. The summed E-state index contributed by atoms with van der Waals surface area (Å²) in [7, 11) is 1.43. The minimum atomic E-state index is -1.04. The first-order valence-electron chi connectivity index (χ1n) is 5.79. The minimum absolute atomic E-state index is 0.0908. The molecule has 2 aromatic carbocycles. The highest BCUT2D eigenvalue weighted by molar-refractivity contribution is 5.92. The first-order chi connectivity index (χ1) is 9.22. The Morgan fingerprint density at radius 1 is 1.11 bits per heavy atom. The van der Waals surface area contributed by atoms with E-state index in [4.69, 9.17) is 14.6 Å². The molecule has 19 heavy (non-hydrogen) atoms. The maximum atomic E-state index is 11.1. The lowest BCUT2D eigenvalue weighted by Crippen LogP contribution is -2.03. The van der Waals surface area contributed by atoms with Crippen molar-refractivity contribution in [3.8, 4) is 11.5 Å². The lowest BCUT2D eigenvalue weighted by Gasteiger charge is -2.12. The Labute approximate surface area is 111 Å². The monoisotopic (exact) mass is 258 g/mol. The van der Waals surface area contributed by atoms with Gasteiger partial charge in [-0.05, 0) is 17.7 Å². The number of benzene rings is 2. The zero-order valence-electron chi connectivity index (χ0n) is 10.5. The second-order valence-electron chi connectivity index (χ2n) is 3.92. The molecule has 0 aliphatic carbocycles. The molecular formula is C15H14O4. The summed E-state index contributed by atoms with van der Waals surface area (Å²) >= 11 is 0. The second-order valence-corrected chi connectivity index (χ2v) is 3.92. The fraction of sp³-hybridized carbons (Fsp3) is 0.133. The van der Waals surface area contributed by atoms with Crippen LogP contribution in [0.3, 0.4) is 0 Å². The molecule has 0 spiro atoms. The molecule has 0 bridgehead atoms. The Kier molecular flexibility index (Phi) is 4.03. The lowest BCUT2D eigenvalue weighted by atomic mass is 10.2. The molecule has 0 saturated heterocycles. The van der Waals surface area contributed by atoms with Crippen LogP contribution in [-0.2, 0) is 6.61 Å². The van der Waals surface area contributed by atoms with Crippen molar-refractivity contribution in [3.63, 3.8) is 0 Å². The van der Waals surface area contributed by atoms with Crippen LogP contribution in [0.25, 0.3) is 0 Å². The summed E-state index contributed by atoms with van der Waals surface area (Å²) in [6.07, 6.45) is 0. The largest absolute Gasteiger partial charge is 0.492 e. The van der Waals surface area contributed by atoms with Crippen molar-refractivity contribution in [1.29, 1.82) is 0 Å². The van der Waals surface area contributed by atoms with Gasteiger partial charge in [-0.3, -0.25) is 0 Å². The van der Waals surface area contributed by atoms with Crippen molar-refractivity contribution < 1.29 is 19.4 Å². The molecule has 0 radical (unpaired) electrons. The van der Waals surface area contributed by atoms with Crippen molar-refractivity contribution in [2.75, 3.05) is 7.11 Å². The molecule has 0 aromatic heterocycles. The van der Waals surface area contributed by atoms with Crippen LogP contribution < -0.4 is 9.47 Å². The number of carboxylic acids is 1. The fourth-order valence-electron chi connectivity index (χ4n) is 1.74. The van der Waals surface area contributed by atoms with Crippen LogP contribution in [0.1, 0.15) is 15.9 Å². The Hall–Kier alpha value is -2.49. The first kappa shape index (κ1) is 13.0. The van der Waals surface area contributed by atoms with Gasteiger partial charge in [0.15, 0.2) is 11.5 Å². The molecular weight excluding hydrogens is 244 g/mol. The van der Waals surface area contributed by atoms with E-state index in [-0.39, 0.29) is 11.3 Å². The van der Waals surface area contributed by atoms with Gasteiger partial charge in [0.2, 0.25) is 0 Å². The molecule has 2 aromatic rings. The van der Waals surface area contributed by atoms with E-state index < -0.39 is 5.97 Å². The Morgan fingerprint density at radius 2 is 1.84 bits per heavy atom. The van der Waals surface area contributed by atoms with Gasteiger partial charge in [0.1, 0.15) is 12.2 Å². The van der Waals surface area contributed by atoms with Gasteiger partial charge in [0, 0.05) is 0 Å². The van der Waals surface area contributed by atoms with E-state index in [1.807, 2.05) is 30.3 Å². The fourth-order valence-corrected chi connectivity index (χ4v) is 1.74. The summed E-state index contributed by atoms with van der Waals surface area (Å²) in [5, 5.41) is 9.07. The highest BCUT2D eigenvalue weighted by Gasteiger charge is 2.15. The third-order valence-corrected chi connectivity index (χ3v) is 2.65. The maximum Gasteiger partial charge on any atom is 0.339 e. The van der Waals surface area contributed by atoms with Crippen molar-refractivity contribution >= 4 is 5.97 Å². The SMILES string of the molecule is COc1c(OCc2ccccc2)cccc1C(=O)O. The van der Waals surface area contributed by atoms with Crippen LogP contribution in [0, 0.1) is 0 Å². The summed E-state index contributed by atoms with van der Waals surface area (Å²) in [5.41, 5.74) is 1.10. The minimum Gasteiger partial charge on any atom is -0.492 e. The van der Waals surface area contributed by atoms with Crippen molar-refractivity contribution in [1.82, 2.24) is 0 Å². The van der Waals surface area contributed by atoms with Gasteiger partial charge >= 0.3 is 5.97 Å². The van der Waals surface area contributed by atoms with E-state index in [0.29, 0.717) is 12.4 Å². The molecule has 4 heteroatoms. The third-order valence-electron chi connectivity index (χ3n) is 2.65. The molecule has 0 saturated carbocycles. The summed E-state index contributed by atoms with van der Waals surface area (Å²) in [6, 6.07) is 14.4. The molecule has 1 N–H and O–H groups in total. The predicted octanol–water partition coefficient (Wildman–Crippen LogP) is 2.97. The van der Waals surface area contributed by atoms with Crippen molar-refractivity contribution in [3.05, 3.63) is 59.7 Å². The summed E-state index contributed by atoms with van der Waals surface area (Å²) < 4.78 is 10.7. The maximum absolute atomic E-state index is 11.1. The molecule has 0 fully saturated rings. The Morgan fingerprint density at radius 3 is 2.47 bits per heavy atom. The van der Waals surface area contributed by atoms with E-state index in [1.54, 1.807) is 12.1 Å². The third kappa shape index (κ3) is 3.04. The normalized spacial score (nSPS) is 9.95. The van der Waals surface area contributed by atoms with Gasteiger partial charge in [-0.2, -0.15) is 0 Å². The number of carbonyl (C=O) groups is 1. The number of ether oxygens (including phenoxy) is 2. The van der Waals surface area contributed by atoms with Crippen molar-refractivity contribution in [2.24, 2.45) is 0 Å². The zero-order chi connectivity index (χ0) is 13.7.